The monoisotopic (exact) mass is 465 g/mol. The fraction of sp³-hybridized carbons (Fsp3) is 0.200. The summed E-state index contributed by atoms with van der Waals surface area (Å²) in [7, 11) is -3.37. The number of primary amides is 1. The number of nitrogens with two attached hydrogens (primary N) is 1. The van der Waals surface area contributed by atoms with Crippen molar-refractivity contribution in [2.45, 2.75) is 17.1 Å². The molecule has 0 saturated carbocycles. The Balaban J connectivity index is 1.95. The summed E-state index contributed by atoms with van der Waals surface area (Å²) in [5.41, 5.74) is 2.35. The van der Waals surface area contributed by atoms with Crippen molar-refractivity contribution in [3.63, 3.8) is 0 Å². The van der Waals surface area contributed by atoms with Crippen LogP contribution in [0.1, 0.15) is 21.6 Å². The Kier molecular flexibility index (Phi) is 5.62. The van der Waals surface area contributed by atoms with Gasteiger partial charge < -0.3 is 5.73 Å². The highest BCUT2D eigenvalue weighted by Crippen LogP contribution is 2.37. The molecule has 2 aromatic heterocycles. The second-order valence-electron chi connectivity index (χ2n) is 5.78. The Hall–Kier alpha value is -2.91. The van der Waals surface area contributed by atoms with Crippen LogP contribution >= 0.6 is 11.3 Å². The maximum Gasteiger partial charge on any atom is 0.435 e. The fourth-order valence-electron chi connectivity index (χ4n) is 2.43. The van der Waals surface area contributed by atoms with Gasteiger partial charge in [0.25, 0.3) is 10.2 Å². The van der Waals surface area contributed by atoms with Crippen LogP contribution in [-0.4, -0.2) is 34.3 Å². The van der Waals surface area contributed by atoms with E-state index in [2.05, 4.69) is 15.3 Å². The lowest BCUT2D eigenvalue weighted by molar-refractivity contribution is -0.141. The van der Waals surface area contributed by atoms with Gasteiger partial charge in [0, 0.05) is 7.05 Å². The quantitative estimate of drug-likeness (QED) is 0.436. The van der Waals surface area contributed by atoms with Crippen LogP contribution in [0.3, 0.4) is 0 Å². The van der Waals surface area contributed by atoms with Crippen LogP contribution < -0.4 is 5.73 Å². The SMILES string of the molecule is Cn1nc(C(F)(F)F)c(C(N)=O)c1-c1nnc(S(=O)(=O)OCc2cccc(F)c2)s1. The van der Waals surface area contributed by atoms with E-state index < -0.39 is 55.9 Å². The van der Waals surface area contributed by atoms with Crippen LogP contribution in [0.25, 0.3) is 10.7 Å². The van der Waals surface area contributed by atoms with Crippen molar-refractivity contribution in [1.82, 2.24) is 20.0 Å². The van der Waals surface area contributed by atoms with Crippen molar-refractivity contribution in [3.8, 4) is 10.7 Å². The van der Waals surface area contributed by atoms with E-state index in [9.17, 15) is 30.8 Å². The standard InChI is InChI=1S/C15H11F4N5O4S2/c1-24-10(9(12(20)25)11(23-24)15(17,18)19)13-21-22-14(29-13)30(26,27)28-6-7-3-2-4-8(16)5-7/h2-5H,6H2,1H3,(H2,20,25). The van der Waals surface area contributed by atoms with Gasteiger partial charge in [-0.25, -0.2) is 4.39 Å². The topological polar surface area (TPSA) is 130 Å². The Morgan fingerprint density at radius 2 is 2.00 bits per heavy atom. The number of aryl methyl sites for hydroxylation is 1. The van der Waals surface area contributed by atoms with Crippen LogP contribution in [0, 0.1) is 5.82 Å². The summed E-state index contributed by atoms with van der Waals surface area (Å²) in [5, 5.41) is 9.85. The molecule has 1 aromatic carbocycles. The van der Waals surface area contributed by atoms with Crippen LogP contribution in [0.5, 0.6) is 0 Å². The molecule has 0 radical (unpaired) electrons. The number of benzene rings is 1. The summed E-state index contributed by atoms with van der Waals surface area (Å²) in [5.74, 6) is -2.02. The van der Waals surface area contributed by atoms with Gasteiger partial charge in [0.2, 0.25) is 0 Å². The molecule has 3 rings (SSSR count). The van der Waals surface area contributed by atoms with E-state index >= 15 is 0 Å². The summed E-state index contributed by atoms with van der Waals surface area (Å²) >= 11 is 0.356. The zero-order valence-electron chi connectivity index (χ0n) is 14.8. The van der Waals surface area contributed by atoms with E-state index in [1.807, 2.05) is 0 Å². The van der Waals surface area contributed by atoms with E-state index in [1.165, 1.54) is 12.1 Å². The zero-order valence-corrected chi connectivity index (χ0v) is 16.5. The predicted octanol–water partition coefficient (Wildman–Crippen LogP) is 2.10. The van der Waals surface area contributed by atoms with Crippen LogP contribution in [-0.2, 0) is 34.1 Å². The minimum Gasteiger partial charge on any atom is -0.365 e. The minimum absolute atomic E-state index is 0.223. The average Bonchev–Trinajstić information content (AvgIpc) is 3.24. The molecule has 0 saturated heterocycles. The fourth-order valence-corrected chi connectivity index (χ4v) is 4.41. The minimum atomic E-state index is -4.98. The first-order chi connectivity index (χ1) is 13.9. The molecule has 9 nitrogen and oxygen atoms in total. The van der Waals surface area contributed by atoms with Crippen molar-refractivity contribution < 1.29 is 35.0 Å². The first-order valence-electron chi connectivity index (χ1n) is 7.82. The third kappa shape index (κ3) is 4.31. The molecule has 0 unspecified atom stereocenters. The predicted molar refractivity (Wildman–Crippen MR) is 94.0 cm³/mol. The molecule has 0 aliphatic rings. The third-order valence-corrected chi connectivity index (χ3v) is 6.18. The molecule has 0 aliphatic carbocycles. The highest BCUT2D eigenvalue weighted by atomic mass is 32.3. The van der Waals surface area contributed by atoms with Gasteiger partial charge in [0.05, 0.1) is 6.61 Å². The molecule has 1 amide bonds. The van der Waals surface area contributed by atoms with Gasteiger partial charge in [0.15, 0.2) is 10.7 Å². The van der Waals surface area contributed by atoms with E-state index in [1.54, 1.807) is 0 Å². The first-order valence-corrected chi connectivity index (χ1v) is 10.0. The van der Waals surface area contributed by atoms with E-state index in [0.29, 0.717) is 16.0 Å². The molecular weight excluding hydrogens is 454 g/mol. The van der Waals surface area contributed by atoms with Crippen molar-refractivity contribution in [3.05, 3.63) is 46.9 Å². The number of hydrogen-bond donors (Lipinski definition) is 1. The van der Waals surface area contributed by atoms with Gasteiger partial charge in [0.1, 0.15) is 17.1 Å². The average molecular weight is 465 g/mol. The van der Waals surface area contributed by atoms with Crippen LogP contribution in [0.15, 0.2) is 28.6 Å². The lowest BCUT2D eigenvalue weighted by Gasteiger charge is -2.04. The first kappa shape index (κ1) is 21.8. The zero-order chi connectivity index (χ0) is 22.3. The van der Waals surface area contributed by atoms with Crippen molar-refractivity contribution >= 4 is 27.4 Å². The van der Waals surface area contributed by atoms with Gasteiger partial charge in [-0.2, -0.15) is 26.7 Å². The summed E-state index contributed by atoms with van der Waals surface area (Å²) in [6, 6.07) is 5.01. The van der Waals surface area contributed by atoms with Gasteiger partial charge in [-0.05, 0) is 17.7 Å². The number of rotatable bonds is 6. The van der Waals surface area contributed by atoms with Gasteiger partial charge >= 0.3 is 16.3 Å². The highest BCUT2D eigenvalue weighted by Gasteiger charge is 2.41. The molecule has 0 atom stereocenters. The third-order valence-electron chi connectivity index (χ3n) is 3.65. The molecular formula is C15H11F4N5O4S2. The number of hydrogen-bond acceptors (Lipinski definition) is 8. The maximum atomic E-state index is 13.2. The van der Waals surface area contributed by atoms with Crippen molar-refractivity contribution in [2.24, 2.45) is 12.8 Å². The normalized spacial score (nSPS) is 12.3. The molecule has 30 heavy (non-hydrogen) atoms. The van der Waals surface area contributed by atoms with E-state index in [4.69, 9.17) is 9.92 Å². The Bertz CT molecular complexity index is 1220. The lowest BCUT2D eigenvalue weighted by Crippen LogP contribution is -2.18. The summed E-state index contributed by atoms with van der Waals surface area (Å²) in [4.78, 5) is 11.6. The molecule has 15 heteroatoms. The maximum absolute atomic E-state index is 13.2. The second kappa shape index (κ2) is 7.73. The van der Waals surface area contributed by atoms with Gasteiger partial charge in [-0.3, -0.25) is 13.7 Å². The molecule has 2 heterocycles. The molecule has 0 fully saturated rings. The van der Waals surface area contributed by atoms with Crippen LogP contribution in [0.2, 0.25) is 0 Å². The van der Waals surface area contributed by atoms with E-state index in [-0.39, 0.29) is 10.6 Å². The smallest absolute Gasteiger partial charge is 0.365 e. The number of carbonyl (C=O) groups excluding carboxylic acids is 1. The van der Waals surface area contributed by atoms with Gasteiger partial charge in [-0.1, -0.05) is 23.5 Å². The number of carbonyl (C=O) groups is 1. The van der Waals surface area contributed by atoms with E-state index in [0.717, 1.165) is 19.2 Å². The van der Waals surface area contributed by atoms with Crippen molar-refractivity contribution in [2.75, 3.05) is 0 Å². The molecule has 3 aromatic rings. The summed E-state index contributed by atoms with van der Waals surface area (Å²) < 4.78 is 82.0. The molecule has 0 bridgehead atoms. The number of amides is 1. The largest absolute Gasteiger partial charge is 0.435 e. The molecule has 0 spiro atoms. The number of halogens is 4. The summed E-state index contributed by atoms with van der Waals surface area (Å²) in [6.45, 7) is -0.508. The number of nitrogens with zero attached hydrogens (tertiary/aromatic N) is 4. The van der Waals surface area contributed by atoms with Crippen molar-refractivity contribution in [1.29, 1.82) is 0 Å². The van der Waals surface area contributed by atoms with Gasteiger partial charge in [-0.15, -0.1) is 10.2 Å². The Morgan fingerprint density at radius 3 is 2.60 bits per heavy atom. The highest BCUT2D eigenvalue weighted by molar-refractivity contribution is 7.88. The molecule has 160 valence electrons. The van der Waals surface area contributed by atoms with Crippen LogP contribution in [0.4, 0.5) is 17.6 Å². The number of aromatic nitrogens is 4. The molecule has 2 N–H and O–H groups in total. The Labute approximate surface area is 170 Å². The Morgan fingerprint density at radius 1 is 1.30 bits per heavy atom. The second-order valence-corrected chi connectivity index (χ2v) is 8.54. The summed E-state index contributed by atoms with van der Waals surface area (Å²) in [6.07, 6.45) is -4.98. The lowest BCUT2D eigenvalue weighted by atomic mass is 10.1. The number of alkyl halides is 3. The molecule has 0 aliphatic heterocycles.